The van der Waals surface area contributed by atoms with Gasteiger partial charge in [-0.25, -0.2) is 4.98 Å². The standard InChI is InChI=1S/C13H18N2OS/c1-2-3-4-10(16)7-9-5-6-12-11(8-9)15-13(14)17-12/h2,9H,1,3-8H2,(H2,14,15)/t9-/m1/s1. The quantitative estimate of drug-likeness (QED) is 0.817. The number of nitrogens with zero attached hydrogens (tertiary/aromatic N) is 1. The lowest BCUT2D eigenvalue weighted by molar-refractivity contribution is -0.120. The van der Waals surface area contributed by atoms with Gasteiger partial charge in [0.05, 0.1) is 5.69 Å². The van der Waals surface area contributed by atoms with E-state index in [1.807, 2.05) is 0 Å². The fourth-order valence-corrected chi connectivity index (χ4v) is 3.21. The van der Waals surface area contributed by atoms with E-state index in [1.54, 1.807) is 17.4 Å². The van der Waals surface area contributed by atoms with Crippen LogP contribution in [0, 0.1) is 5.92 Å². The Kier molecular flexibility index (Phi) is 3.94. The van der Waals surface area contributed by atoms with Crippen molar-refractivity contribution in [3.05, 3.63) is 23.2 Å². The maximum atomic E-state index is 11.7. The Morgan fingerprint density at radius 2 is 2.47 bits per heavy atom. The van der Waals surface area contributed by atoms with Crippen molar-refractivity contribution in [1.82, 2.24) is 4.98 Å². The number of carbonyl (C=O) groups is 1. The predicted molar refractivity (Wildman–Crippen MR) is 71.1 cm³/mol. The van der Waals surface area contributed by atoms with Gasteiger partial charge in [-0.3, -0.25) is 4.79 Å². The molecule has 2 rings (SSSR count). The summed E-state index contributed by atoms with van der Waals surface area (Å²) in [5.41, 5.74) is 6.83. The van der Waals surface area contributed by atoms with Crippen LogP contribution in [0.2, 0.25) is 0 Å². The van der Waals surface area contributed by atoms with Gasteiger partial charge in [0.1, 0.15) is 5.78 Å². The number of Topliss-reactive ketones (excluding diaryl/α,β-unsaturated/α-hetero) is 1. The molecule has 4 heteroatoms. The molecule has 1 aromatic heterocycles. The van der Waals surface area contributed by atoms with Crippen LogP contribution in [0.25, 0.3) is 0 Å². The lowest BCUT2D eigenvalue weighted by Crippen LogP contribution is -2.17. The fraction of sp³-hybridized carbons (Fsp3) is 0.538. The molecule has 0 fully saturated rings. The van der Waals surface area contributed by atoms with Crippen molar-refractivity contribution in [1.29, 1.82) is 0 Å². The number of hydrogen-bond acceptors (Lipinski definition) is 4. The van der Waals surface area contributed by atoms with E-state index in [0.29, 0.717) is 29.7 Å². The number of allylic oxidation sites excluding steroid dienone is 1. The zero-order chi connectivity index (χ0) is 12.3. The highest BCUT2D eigenvalue weighted by atomic mass is 32.1. The second kappa shape index (κ2) is 5.45. The maximum absolute atomic E-state index is 11.7. The van der Waals surface area contributed by atoms with Gasteiger partial charge in [-0.15, -0.1) is 17.9 Å². The molecule has 0 aromatic carbocycles. The van der Waals surface area contributed by atoms with E-state index in [4.69, 9.17) is 5.73 Å². The SMILES string of the molecule is C=CCCC(=O)C[C@H]1CCc2sc(N)nc2C1. The molecule has 17 heavy (non-hydrogen) atoms. The van der Waals surface area contributed by atoms with Gasteiger partial charge in [-0.05, 0) is 31.6 Å². The molecule has 1 heterocycles. The van der Waals surface area contributed by atoms with Gasteiger partial charge in [0.15, 0.2) is 5.13 Å². The van der Waals surface area contributed by atoms with Gasteiger partial charge in [-0.2, -0.15) is 0 Å². The molecule has 0 bridgehead atoms. The second-order valence-electron chi connectivity index (χ2n) is 4.60. The van der Waals surface area contributed by atoms with E-state index < -0.39 is 0 Å². The Morgan fingerprint density at radius 1 is 1.65 bits per heavy atom. The predicted octanol–water partition coefficient (Wildman–Crippen LogP) is 2.76. The number of hydrogen-bond donors (Lipinski definition) is 1. The molecule has 0 spiro atoms. The minimum Gasteiger partial charge on any atom is -0.375 e. The van der Waals surface area contributed by atoms with Gasteiger partial charge >= 0.3 is 0 Å². The first-order valence-corrected chi connectivity index (χ1v) is 6.87. The van der Waals surface area contributed by atoms with Gasteiger partial charge < -0.3 is 5.73 Å². The first kappa shape index (κ1) is 12.3. The van der Waals surface area contributed by atoms with Gasteiger partial charge in [0.2, 0.25) is 0 Å². The molecular formula is C13H18N2OS. The minimum atomic E-state index is 0.349. The number of nitrogens with two attached hydrogens (primary N) is 1. The van der Waals surface area contributed by atoms with E-state index in [2.05, 4.69) is 11.6 Å². The van der Waals surface area contributed by atoms with Gasteiger partial charge in [0, 0.05) is 17.7 Å². The average Bonchev–Trinajstić information content (AvgIpc) is 2.65. The lowest BCUT2D eigenvalue weighted by atomic mass is 9.86. The number of anilines is 1. The van der Waals surface area contributed by atoms with Crippen LogP contribution in [0.1, 0.15) is 36.3 Å². The second-order valence-corrected chi connectivity index (χ2v) is 5.72. The molecule has 1 aliphatic rings. The number of thiazole rings is 1. The van der Waals surface area contributed by atoms with Crippen LogP contribution in [-0.4, -0.2) is 10.8 Å². The van der Waals surface area contributed by atoms with Crippen LogP contribution in [0.4, 0.5) is 5.13 Å². The monoisotopic (exact) mass is 250 g/mol. The normalized spacial score (nSPS) is 18.7. The number of fused-ring (bicyclic) bond motifs is 1. The number of aryl methyl sites for hydroxylation is 1. The molecule has 2 N–H and O–H groups in total. The molecule has 0 saturated carbocycles. The summed E-state index contributed by atoms with van der Waals surface area (Å²) >= 11 is 1.59. The molecule has 0 amide bonds. The smallest absolute Gasteiger partial charge is 0.180 e. The van der Waals surface area contributed by atoms with Crippen LogP contribution in [0.15, 0.2) is 12.7 Å². The summed E-state index contributed by atoms with van der Waals surface area (Å²) in [6.07, 6.45) is 6.95. The number of ketones is 1. The van der Waals surface area contributed by atoms with Crippen LogP contribution < -0.4 is 5.73 Å². The van der Waals surface area contributed by atoms with Crippen LogP contribution >= 0.6 is 11.3 Å². The van der Waals surface area contributed by atoms with Crippen LogP contribution in [0.5, 0.6) is 0 Å². The van der Waals surface area contributed by atoms with Crippen molar-refractivity contribution in [3.63, 3.8) is 0 Å². The molecule has 92 valence electrons. The van der Waals surface area contributed by atoms with Crippen molar-refractivity contribution in [2.75, 3.05) is 5.73 Å². The average molecular weight is 250 g/mol. The zero-order valence-electron chi connectivity index (χ0n) is 9.95. The number of aromatic nitrogens is 1. The molecule has 0 aliphatic heterocycles. The number of rotatable bonds is 5. The third-order valence-corrected chi connectivity index (χ3v) is 4.19. The molecule has 0 saturated heterocycles. The Hall–Kier alpha value is -1.16. The summed E-state index contributed by atoms with van der Waals surface area (Å²) in [5.74, 6) is 0.808. The van der Waals surface area contributed by atoms with Crippen LogP contribution in [-0.2, 0) is 17.6 Å². The molecule has 1 aliphatic carbocycles. The summed E-state index contributed by atoms with van der Waals surface area (Å²) < 4.78 is 0. The molecule has 0 unspecified atom stereocenters. The maximum Gasteiger partial charge on any atom is 0.180 e. The van der Waals surface area contributed by atoms with E-state index >= 15 is 0 Å². The van der Waals surface area contributed by atoms with Crippen molar-refractivity contribution < 1.29 is 4.79 Å². The Balaban J connectivity index is 1.89. The van der Waals surface area contributed by atoms with Crippen molar-refractivity contribution in [2.45, 2.75) is 38.5 Å². The van der Waals surface area contributed by atoms with Crippen LogP contribution in [0.3, 0.4) is 0 Å². The van der Waals surface area contributed by atoms with E-state index in [-0.39, 0.29) is 0 Å². The highest BCUT2D eigenvalue weighted by molar-refractivity contribution is 7.15. The third-order valence-electron chi connectivity index (χ3n) is 3.20. The van der Waals surface area contributed by atoms with Gasteiger partial charge in [0.25, 0.3) is 0 Å². The fourth-order valence-electron chi connectivity index (χ4n) is 2.33. The van der Waals surface area contributed by atoms with Crippen molar-refractivity contribution >= 4 is 22.3 Å². The summed E-state index contributed by atoms with van der Waals surface area (Å²) in [5, 5.41) is 0.661. The first-order valence-electron chi connectivity index (χ1n) is 6.05. The topological polar surface area (TPSA) is 56.0 Å². The largest absolute Gasteiger partial charge is 0.375 e. The Bertz CT molecular complexity index is 425. The highest BCUT2D eigenvalue weighted by Gasteiger charge is 2.23. The van der Waals surface area contributed by atoms with E-state index in [9.17, 15) is 4.79 Å². The summed E-state index contributed by atoms with van der Waals surface area (Å²) in [6.45, 7) is 3.64. The summed E-state index contributed by atoms with van der Waals surface area (Å²) in [7, 11) is 0. The molecule has 0 radical (unpaired) electrons. The summed E-state index contributed by atoms with van der Waals surface area (Å²) in [4.78, 5) is 17.4. The minimum absolute atomic E-state index is 0.349. The molecule has 3 nitrogen and oxygen atoms in total. The van der Waals surface area contributed by atoms with Crippen molar-refractivity contribution in [2.24, 2.45) is 5.92 Å². The lowest BCUT2D eigenvalue weighted by Gasteiger charge is -2.20. The Labute approximate surface area is 106 Å². The zero-order valence-corrected chi connectivity index (χ0v) is 10.8. The number of carbonyl (C=O) groups excluding carboxylic acids is 1. The molecular weight excluding hydrogens is 232 g/mol. The highest BCUT2D eigenvalue weighted by Crippen LogP contribution is 2.32. The van der Waals surface area contributed by atoms with Gasteiger partial charge in [-0.1, -0.05) is 6.08 Å². The first-order chi connectivity index (χ1) is 8.19. The van der Waals surface area contributed by atoms with E-state index in [1.165, 1.54) is 4.88 Å². The molecule has 1 atom stereocenters. The Morgan fingerprint density at radius 3 is 3.24 bits per heavy atom. The molecule has 1 aromatic rings. The number of nitrogen functional groups attached to an aromatic ring is 1. The summed E-state index contributed by atoms with van der Waals surface area (Å²) in [6, 6.07) is 0. The van der Waals surface area contributed by atoms with Crippen molar-refractivity contribution in [3.8, 4) is 0 Å². The van der Waals surface area contributed by atoms with E-state index in [0.717, 1.165) is 31.4 Å². The third kappa shape index (κ3) is 3.16.